The van der Waals surface area contributed by atoms with E-state index in [1.807, 2.05) is 10.9 Å². The average Bonchev–Trinajstić information content (AvgIpc) is 3.32. The molecule has 1 aromatic carbocycles. The van der Waals surface area contributed by atoms with Crippen molar-refractivity contribution in [2.75, 3.05) is 31.1 Å². The summed E-state index contributed by atoms with van der Waals surface area (Å²) in [5, 5.41) is 8.79. The Labute approximate surface area is 159 Å². The Hall–Kier alpha value is -2.11. The van der Waals surface area contributed by atoms with Crippen LogP contribution >= 0.6 is 11.3 Å². The Bertz CT molecular complexity index is 835. The molecule has 3 heterocycles. The van der Waals surface area contributed by atoms with Crippen molar-refractivity contribution < 1.29 is 0 Å². The lowest BCUT2D eigenvalue weighted by Crippen LogP contribution is -2.53. The van der Waals surface area contributed by atoms with Crippen molar-refractivity contribution in [3.63, 3.8) is 0 Å². The molecule has 3 aromatic rings. The first-order valence-electron chi connectivity index (χ1n) is 9.19. The lowest BCUT2D eigenvalue weighted by molar-refractivity contribution is 0.128. The minimum absolute atomic E-state index is 0.258. The molecule has 0 amide bonds. The van der Waals surface area contributed by atoms with Gasteiger partial charge in [-0.3, -0.25) is 4.90 Å². The topological polar surface area (TPSA) is 24.3 Å². The first-order valence-corrected chi connectivity index (χ1v) is 10.1. The van der Waals surface area contributed by atoms with Crippen molar-refractivity contribution in [1.82, 2.24) is 14.7 Å². The lowest BCUT2D eigenvalue weighted by Gasteiger charge is -2.43. The molecular weight excluding hydrogens is 340 g/mol. The molecule has 0 radical (unpaired) electrons. The van der Waals surface area contributed by atoms with E-state index in [1.54, 1.807) is 11.3 Å². The van der Waals surface area contributed by atoms with Gasteiger partial charge in [-0.25, -0.2) is 4.68 Å². The second kappa shape index (κ2) is 6.89. The Kier molecular flexibility index (Phi) is 4.59. The van der Waals surface area contributed by atoms with Gasteiger partial charge in [0.05, 0.1) is 17.6 Å². The molecule has 0 N–H and O–H groups in total. The van der Waals surface area contributed by atoms with Crippen LogP contribution in [-0.2, 0) is 0 Å². The highest BCUT2D eigenvalue weighted by Gasteiger charge is 2.25. The molecule has 0 unspecified atom stereocenters. The van der Waals surface area contributed by atoms with Crippen LogP contribution in [0.5, 0.6) is 0 Å². The SMILES string of the molecule is CC(C)(C)N1CCN(c2ccc(-n3nccc3-c3ccsc3)cc2)CC1. The number of thiophene rings is 1. The van der Waals surface area contributed by atoms with Crippen LogP contribution in [-0.4, -0.2) is 46.4 Å². The van der Waals surface area contributed by atoms with Gasteiger partial charge in [0.1, 0.15) is 0 Å². The summed E-state index contributed by atoms with van der Waals surface area (Å²) in [5.74, 6) is 0. The second-order valence-corrected chi connectivity index (χ2v) is 8.58. The summed E-state index contributed by atoms with van der Waals surface area (Å²) in [7, 11) is 0. The Morgan fingerprint density at radius 3 is 2.19 bits per heavy atom. The molecule has 5 heteroatoms. The van der Waals surface area contributed by atoms with Crippen molar-refractivity contribution in [3.05, 3.63) is 53.4 Å². The monoisotopic (exact) mass is 366 g/mol. The van der Waals surface area contributed by atoms with Gasteiger partial charge in [-0.1, -0.05) is 0 Å². The van der Waals surface area contributed by atoms with E-state index >= 15 is 0 Å². The van der Waals surface area contributed by atoms with Crippen LogP contribution in [0.3, 0.4) is 0 Å². The van der Waals surface area contributed by atoms with Crippen LogP contribution in [0.4, 0.5) is 5.69 Å². The van der Waals surface area contributed by atoms with E-state index in [0.717, 1.165) is 37.6 Å². The number of hydrogen-bond donors (Lipinski definition) is 0. The average molecular weight is 367 g/mol. The van der Waals surface area contributed by atoms with Gasteiger partial charge in [-0.2, -0.15) is 16.4 Å². The highest BCUT2D eigenvalue weighted by molar-refractivity contribution is 7.08. The third kappa shape index (κ3) is 3.41. The number of hydrogen-bond acceptors (Lipinski definition) is 4. The van der Waals surface area contributed by atoms with Gasteiger partial charge in [-0.05, 0) is 62.5 Å². The fourth-order valence-electron chi connectivity index (χ4n) is 3.58. The molecular formula is C21H26N4S. The van der Waals surface area contributed by atoms with E-state index in [9.17, 15) is 0 Å². The molecule has 0 bridgehead atoms. The van der Waals surface area contributed by atoms with Crippen LogP contribution in [0.1, 0.15) is 20.8 Å². The fourth-order valence-corrected chi connectivity index (χ4v) is 4.23. The van der Waals surface area contributed by atoms with Gasteiger partial charge in [-0.15, -0.1) is 0 Å². The molecule has 0 aliphatic carbocycles. The summed E-state index contributed by atoms with van der Waals surface area (Å²) in [4.78, 5) is 5.05. The molecule has 4 nitrogen and oxygen atoms in total. The molecule has 4 rings (SSSR count). The van der Waals surface area contributed by atoms with Gasteiger partial charge in [0.25, 0.3) is 0 Å². The minimum Gasteiger partial charge on any atom is -0.369 e. The number of anilines is 1. The van der Waals surface area contributed by atoms with Crippen molar-refractivity contribution in [2.24, 2.45) is 0 Å². The van der Waals surface area contributed by atoms with E-state index in [-0.39, 0.29) is 5.54 Å². The third-order valence-electron chi connectivity index (χ3n) is 5.15. The van der Waals surface area contributed by atoms with E-state index in [1.165, 1.54) is 11.3 Å². The lowest BCUT2D eigenvalue weighted by atomic mass is 10.0. The summed E-state index contributed by atoms with van der Waals surface area (Å²) in [5.41, 5.74) is 5.01. The molecule has 0 spiro atoms. The standard InChI is InChI=1S/C21H26N4S/c1-21(2,3)24-13-11-23(12-14-24)18-4-6-19(7-5-18)25-20(8-10-22-25)17-9-15-26-16-17/h4-10,15-16H,11-14H2,1-3H3. The maximum atomic E-state index is 4.52. The van der Waals surface area contributed by atoms with Crippen molar-refractivity contribution in [1.29, 1.82) is 0 Å². The predicted molar refractivity (Wildman–Crippen MR) is 110 cm³/mol. The van der Waals surface area contributed by atoms with Gasteiger partial charge in [0.2, 0.25) is 0 Å². The molecule has 1 aliphatic heterocycles. The Balaban J connectivity index is 1.50. The van der Waals surface area contributed by atoms with Gasteiger partial charge >= 0.3 is 0 Å². The summed E-state index contributed by atoms with van der Waals surface area (Å²) >= 11 is 1.71. The van der Waals surface area contributed by atoms with Crippen LogP contribution in [0.15, 0.2) is 53.4 Å². The number of benzene rings is 1. The summed E-state index contributed by atoms with van der Waals surface area (Å²) in [6.07, 6.45) is 1.87. The molecule has 1 aliphatic rings. The predicted octanol–water partition coefficient (Wildman–Crippen LogP) is 4.52. The van der Waals surface area contributed by atoms with E-state index in [0.29, 0.717) is 0 Å². The zero-order chi connectivity index (χ0) is 18.1. The molecule has 1 saturated heterocycles. The van der Waals surface area contributed by atoms with E-state index < -0.39 is 0 Å². The smallest absolute Gasteiger partial charge is 0.0749 e. The van der Waals surface area contributed by atoms with Crippen molar-refractivity contribution in [3.8, 4) is 16.9 Å². The van der Waals surface area contributed by atoms with Crippen molar-refractivity contribution in [2.45, 2.75) is 26.3 Å². The Morgan fingerprint density at radius 1 is 0.885 bits per heavy atom. The van der Waals surface area contributed by atoms with Crippen LogP contribution < -0.4 is 4.90 Å². The molecule has 0 saturated carbocycles. The largest absolute Gasteiger partial charge is 0.369 e. The first-order chi connectivity index (χ1) is 12.5. The van der Waals surface area contributed by atoms with Gasteiger partial charge in [0.15, 0.2) is 0 Å². The third-order valence-corrected chi connectivity index (χ3v) is 5.83. The normalized spacial score (nSPS) is 16.2. The van der Waals surface area contributed by atoms with Gasteiger partial charge < -0.3 is 4.90 Å². The fraction of sp³-hybridized carbons (Fsp3) is 0.381. The van der Waals surface area contributed by atoms with Crippen LogP contribution in [0, 0.1) is 0 Å². The molecule has 136 valence electrons. The zero-order valence-electron chi connectivity index (χ0n) is 15.7. The molecule has 0 atom stereocenters. The quantitative estimate of drug-likeness (QED) is 0.681. The van der Waals surface area contributed by atoms with Crippen molar-refractivity contribution >= 4 is 17.0 Å². The van der Waals surface area contributed by atoms with Crippen LogP contribution in [0.25, 0.3) is 16.9 Å². The molecule has 1 fully saturated rings. The minimum atomic E-state index is 0.258. The highest BCUT2D eigenvalue weighted by Crippen LogP contribution is 2.26. The number of aromatic nitrogens is 2. The number of piperazine rings is 1. The zero-order valence-corrected chi connectivity index (χ0v) is 16.5. The maximum absolute atomic E-state index is 4.52. The number of nitrogens with zero attached hydrogens (tertiary/aromatic N) is 4. The first kappa shape index (κ1) is 17.3. The molecule has 2 aromatic heterocycles. The second-order valence-electron chi connectivity index (χ2n) is 7.80. The highest BCUT2D eigenvalue weighted by atomic mass is 32.1. The van der Waals surface area contributed by atoms with Crippen LogP contribution in [0.2, 0.25) is 0 Å². The number of rotatable bonds is 3. The molecule has 26 heavy (non-hydrogen) atoms. The summed E-state index contributed by atoms with van der Waals surface area (Å²) in [6.45, 7) is 11.3. The maximum Gasteiger partial charge on any atom is 0.0749 e. The summed E-state index contributed by atoms with van der Waals surface area (Å²) in [6, 6.07) is 13.0. The van der Waals surface area contributed by atoms with E-state index in [4.69, 9.17) is 0 Å². The summed E-state index contributed by atoms with van der Waals surface area (Å²) < 4.78 is 2.02. The van der Waals surface area contributed by atoms with Gasteiger partial charge in [0, 0.05) is 48.3 Å². The van der Waals surface area contributed by atoms with E-state index in [2.05, 4.69) is 82.8 Å². The Morgan fingerprint density at radius 2 is 1.58 bits per heavy atom.